The molecule has 0 heterocycles. The summed E-state index contributed by atoms with van der Waals surface area (Å²) >= 11 is 0. The van der Waals surface area contributed by atoms with Crippen LogP contribution in [0.15, 0.2) is 42.5 Å². The summed E-state index contributed by atoms with van der Waals surface area (Å²) in [5, 5.41) is 7.15. The van der Waals surface area contributed by atoms with Gasteiger partial charge in [0.25, 0.3) is 0 Å². The number of hydrogen-bond acceptors (Lipinski definition) is 4. The number of hydrogen-bond donors (Lipinski definition) is 3. The Labute approximate surface area is 162 Å². The van der Waals surface area contributed by atoms with E-state index in [4.69, 9.17) is 0 Å². The summed E-state index contributed by atoms with van der Waals surface area (Å²) in [5.41, 5.74) is 2.72. The fourth-order valence-electron chi connectivity index (χ4n) is 2.50. The zero-order valence-electron chi connectivity index (χ0n) is 16.0. The second-order valence-corrected chi connectivity index (χ2v) is 6.45. The highest BCUT2D eigenvalue weighted by atomic mass is 19.1. The monoisotopic (exact) mass is 386 g/mol. The lowest BCUT2D eigenvalue weighted by molar-refractivity contribution is -0.122. The standard InChI is InChI=1S/C20H23FN4O3/c1-13-7-6-10-16(14(13)2)22-18(26)11-25(3)12-19(27)24-20(28)23-17-9-5-4-8-15(17)21/h4-10H,11-12H2,1-3H3,(H,22,26)(H2,23,24,27,28). The third-order valence-corrected chi connectivity index (χ3v) is 4.08. The molecule has 0 aliphatic carbocycles. The van der Waals surface area contributed by atoms with Crippen molar-refractivity contribution in [2.24, 2.45) is 0 Å². The molecule has 2 rings (SSSR count). The lowest BCUT2D eigenvalue weighted by atomic mass is 10.1. The number of para-hydroxylation sites is 1. The summed E-state index contributed by atoms with van der Waals surface area (Å²) in [7, 11) is 1.58. The zero-order valence-corrected chi connectivity index (χ0v) is 16.0. The molecule has 28 heavy (non-hydrogen) atoms. The molecule has 0 fully saturated rings. The Balaban J connectivity index is 1.80. The Morgan fingerprint density at radius 2 is 1.54 bits per heavy atom. The van der Waals surface area contributed by atoms with Gasteiger partial charge in [-0.1, -0.05) is 24.3 Å². The molecule has 2 aromatic rings. The van der Waals surface area contributed by atoms with Crippen molar-refractivity contribution in [1.82, 2.24) is 10.2 Å². The molecule has 0 radical (unpaired) electrons. The van der Waals surface area contributed by atoms with Crippen molar-refractivity contribution >= 4 is 29.2 Å². The highest BCUT2D eigenvalue weighted by molar-refractivity contribution is 6.02. The number of urea groups is 1. The summed E-state index contributed by atoms with van der Waals surface area (Å²) in [4.78, 5) is 37.3. The maximum atomic E-state index is 13.5. The average molecular weight is 386 g/mol. The Morgan fingerprint density at radius 3 is 2.25 bits per heavy atom. The van der Waals surface area contributed by atoms with Crippen LogP contribution >= 0.6 is 0 Å². The van der Waals surface area contributed by atoms with Gasteiger partial charge in [-0.25, -0.2) is 9.18 Å². The molecule has 2 aromatic carbocycles. The Bertz CT molecular complexity index is 886. The molecule has 0 aliphatic rings. The van der Waals surface area contributed by atoms with Crippen molar-refractivity contribution in [3.8, 4) is 0 Å². The van der Waals surface area contributed by atoms with E-state index in [1.165, 1.54) is 23.1 Å². The summed E-state index contributed by atoms with van der Waals surface area (Å²) in [6, 6.07) is 10.4. The summed E-state index contributed by atoms with van der Waals surface area (Å²) in [6.45, 7) is 3.66. The van der Waals surface area contributed by atoms with Crippen LogP contribution in [0.2, 0.25) is 0 Å². The van der Waals surface area contributed by atoms with Crippen LogP contribution in [0.25, 0.3) is 0 Å². The normalized spacial score (nSPS) is 10.5. The molecule has 7 nitrogen and oxygen atoms in total. The molecular formula is C20H23FN4O3. The van der Waals surface area contributed by atoms with E-state index in [1.807, 2.05) is 26.0 Å². The molecule has 0 saturated heterocycles. The van der Waals surface area contributed by atoms with Gasteiger partial charge in [0, 0.05) is 5.69 Å². The molecule has 148 valence electrons. The Hall–Kier alpha value is -3.26. The van der Waals surface area contributed by atoms with Crippen LogP contribution in [-0.4, -0.2) is 42.9 Å². The molecule has 0 unspecified atom stereocenters. The Morgan fingerprint density at radius 1 is 0.893 bits per heavy atom. The van der Waals surface area contributed by atoms with Gasteiger partial charge in [0.2, 0.25) is 11.8 Å². The van der Waals surface area contributed by atoms with Crippen molar-refractivity contribution in [2.75, 3.05) is 30.8 Å². The van der Waals surface area contributed by atoms with Gasteiger partial charge in [-0.3, -0.25) is 19.8 Å². The maximum Gasteiger partial charge on any atom is 0.326 e. The number of amides is 4. The van der Waals surface area contributed by atoms with Gasteiger partial charge < -0.3 is 10.6 Å². The van der Waals surface area contributed by atoms with Crippen LogP contribution in [0, 0.1) is 19.7 Å². The highest BCUT2D eigenvalue weighted by Crippen LogP contribution is 2.17. The first-order chi connectivity index (χ1) is 13.3. The number of nitrogens with zero attached hydrogens (tertiary/aromatic N) is 1. The summed E-state index contributed by atoms with van der Waals surface area (Å²) in [6.07, 6.45) is 0. The van der Waals surface area contributed by atoms with E-state index in [0.717, 1.165) is 11.1 Å². The molecule has 0 spiro atoms. The molecule has 0 saturated carbocycles. The number of carbonyl (C=O) groups is 3. The number of halogens is 1. The fraction of sp³-hybridized carbons (Fsp3) is 0.250. The van der Waals surface area contributed by atoms with E-state index in [9.17, 15) is 18.8 Å². The molecule has 8 heteroatoms. The number of rotatable bonds is 6. The van der Waals surface area contributed by atoms with Gasteiger partial charge in [-0.2, -0.15) is 0 Å². The maximum absolute atomic E-state index is 13.5. The number of imide groups is 1. The average Bonchev–Trinajstić information content (AvgIpc) is 2.60. The van der Waals surface area contributed by atoms with Gasteiger partial charge in [-0.05, 0) is 50.2 Å². The Kier molecular flexibility index (Phi) is 7.22. The summed E-state index contributed by atoms with van der Waals surface area (Å²) in [5.74, 6) is -1.50. The third kappa shape index (κ3) is 6.17. The minimum absolute atomic E-state index is 0.0320. The van der Waals surface area contributed by atoms with Gasteiger partial charge in [0.1, 0.15) is 5.82 Å². The van der Waals surface area contributed by atoms with Gasteiger partial charge >= 0.3 is 6.03 Å². The molecule has 0 atom stereocenters. The first kappa shape index (κ1) is 21.0. The number of aryl methyl sites for hydroxylation is 1. The van der Waals surface area contributed by atoms with Gasteiger partial charge in [0.15, 0.2) is 0 Å². The zero-order chi connectivity index (χ0) is 20.7. The number of carbonyl (C=O) groups excluding carboxylic acids is 3. The van der Waals surface area contributed by atoms with Gasteiger partial charge in [-0.15, -0.1) is 0 Å². The fourth-order valence-corrected chi connectivity index (χ4v) is 2.50. The van der Waals surface area contributed by atoms with Crippen LogP contribution in [0.3, 0.4) is 0 Å². The minimum Gasteiger partial charge on any atom is -0.325 e. The van der Waals surface area contributed by atoms with E-state index in [2.05, 4.69) is 16.0 Å². The quantitative estimate of drug-likeness (QED) is 0.712. The first-order valence-electron chi connectivity index (χ1n) is 8.66. The SMILES string of the molecule is Cc1cccc(NC(=O)CN(C)CC(=O)NC(=O)Nc2ccccc2F)c1C. The summed E-state index contributed by atoms with van der Waals surface area (Å²) < 4.78 is 13.5. The molecule has 0 aliphatic heterocycles. The predicted octanol–water partition coefficient (Wildman–Crippen LogP) is 2.66. The molecule has 0 aromatic heterocycles. The van der Waals surface area contributed by atoms with Crippen molar-refractivity contribution in [1.29, 1.82) is 0 Å². The molecule has 0 bridgehead atoms. The largest absolute Gasteiger partial charge is 0.326 e. The lowest BCUT2D eigenvalue weighted by Crippen LogP contribution is -2.42. The number of likely N-dealkylation sites (N-methyl/N-ethyl adjacent to an activating group) is 1. The third-order valence-electron chi connectivity index (χ3n) is 4.08. The van der Waals surface area contributed by atoms with Gasteiger partial charge in [0.05, 0.1) is 18.8 Å². The van der Waals surface area contributed by atoms with Crippen LogP contribution in [0.4, 0.5) is 20.6 Å². The predicted molar refractivity (Wildman–Crippen MR) is 106 cm³/mol. The van der Waals surface area contributed by atoms with E-state index in [-0.39, 0.29) is 24.7 Å². The first-order valence-corrected chi connectivity index (χ1v) is 8.66. The number of anilines is 2. The second kappa shape index (κ2) is 9.61. The van der Waals surface area contributed by atoms with Crippen LogP contribution in [-0.2, 0) is 9.59 Å². The van der Waals surface area contributed by atoms with Crippen LogP contribution in [0.5, 0.6) is 0 Å². The number of nitrogens with one attached hydrogen (secondary N) is 3. The lowest BCUT2D eigenvalue weighted by Gasteiger charge is -2.17. The van der Waals surface area contributed by atoms with Crippen LogP contribution in [0.1, 0.15) is 11.1 Å². The topological polar surface area (TPSA) is 90.5 Å². The van der Waals surface area contributed by atoms with Crippen molar-refractivity contribution < 1.29 is 18.8 Å². The van der Waals surface area contributed by atoms with Crippen molar-refractivity contribution in [3.05, 3.63) is 59.4 Å². The molecule has 3 N–H and O–H groups in total. The smallest absolute Gasteiger partial charge is 0.325 e. The van der Waals surface area contributed by atoms with Crippen LogP contribution < -0.4 is 16.0 Å². The molecular weight excluding hydrogens is 363 g/mol. The van der Waals surface area contributed by atoms with E-state index in [1.54, 1.807) is 19.2 Å². The highest BCUT2D eigenvalue weighted by Gasteiger charge is 2.15. The van der Waals surface area contributed by atoms with E-state index < -0.39 is 17.8 Å². The second-order valence-electron chi connectivity index (χ2n) is 6.45. The van der Waals surface area contributed by atoms with Crippen molar-refractivity contribution in [3.63, 3.8) is 0 Å². The van der Waals surface area contributed by atoms with Crippen molar-refractivity contribution in [2.45, 2.75) is 13.8 Å². The van der Waals surface area contributed by atoms with E-state index >= 15 is 0 Å². The number of benzene rings is 2. The molecule has 4 amide bonds. The minimum atomic E-state index is -0.844. The van der Waals surface area contributed by atoms with E-state index in [0.29, 0.717) is 5.69 Å².